The number of halogens is 1. The van der Waals surface area contributed by atoms with Gasteiger partial charge in [0.1, 0.15) is 5.70 Å². The summed E-state index contributed by atoms with van der Waals surface area (Å²) in [4.78, 5) is 23.2. The Morgan fingerprint density at radius 1 is 1.25 bits per heavy atom. The summed E-state index contributed by atoms with van der Waals surface area (Å²) in [5.41, 5.74) is 0.564. The molecule has 0 aliphatic rings. The van der Waals surface area contributed by atoms with Gasteiger partial charge < -0.3 is 14.8 Å². The Morgan fingerprint density at radius 3 is 2.55 bits per heavy atom. The van der Waals surface area contributed by atoms with Gasteiger partial charge in [0.25, 0.3) is 0 Å². The lowest BCUT2D eigenvalue weighted by Gasteiger charge is -2.10. The second-order valence-electron chi connectivity index (χ2n) is 3.67. The summed E-state index contributed by atoms with van der Waals surface area (Å²) in [6, 6.07) is 6.76. The zero-order chi connectivity index (χ0) is 15.0. The monoisotopic (exact) mass is 297 g/mol. The van der Waals surface area contributed by atoms with Crippen molar-refractivity contribution in [3.63, 3.8) is 0 Å². The molecule has 0 saturated heterocycles. The fourth-order valence-corrected chi connectivity index (χ4v) is 1.57. The molecule has 0 aromatic heterocycles. The molecule has 0 unspecified atom stereocenters. The van der Waals surface area contributed by atoms with Crippen molar-refractivity contribution in [1.29, 1.82) is 0 Å². The molecule has 0 atom stereocenters. The lowest BCUT2D eigenvalue weighted by Crippen LogP contribution is -2.17. The lowest BCUT2D eigenvalue weighted by molar-refractivity contribution is -0.140. The highest BCUT2D eigenvalue weighted by Gasteiger charge is 2.13. The van der Waals surface area contributed by atoms with Crippen LogP contribution in [0.3, 0.4) is 0 Å². The maximum Gasteiger partial charge on any atom is 0.355 e. The molecular formula is C14H16ClNO4. The summed E-state index contributed by atoms with van der Waals surface area (Å²) in [6.07, 6.45) is 1.06. The fraction of sp³-hybridized carbons (Fsp3) is 0.286. The van der Waals surface area contributed by atoms with E-state index in [-0.39, 0.29) is 18.9 Å². The first-order valence-corrected chi connectivity index (χ1v) is 6.52. The molecule has 0 aliphatic carbocycles. The minimum Gasteiger partial charge on any atom is -0.463 e. The molecule has 6 heteroatoms. The van der Waals surface area contributed by atoms with E-state index in [4.69, 9.17) is 21.1 Å². The Balaban J connectivity index is 2.93. The number of hydrogen-bond donors (Lipinski definition) is 1. The molecule has 1 aromatic carbocycles. The SMILES string of the molecule is CCOC(=O)/C=C(\Nc1cccc(Cl)c1)C(=O)OCC. The van der Waals surface area contributed by atoms with Gasteiger partial charge in [0.15, 0.2) is 0 Å². The third-order valence-electron chi connectivity index (χ3n) is 2.15. The first-order chi connectivity index (χ1) is 9.56. The highest BCUT2D eigenvalue weighted by atomic mass is 35.5. The highest BCUT2D eigenvalue weighted by molar-refractivity contribution is 6.30. The van der Waals surface area contributed by atoms with Crippen molar-refractivity contribution in [3.8, 4) is 0 Å². The highest BCUT2D eigenvalue weighted by Crippen LogP contribution is 2.17. The second-order valence-corrected chi connectivity index (χ2v) is 4.10. The number of anilines is 1. The van der Waals surface area contributed by atoms with Gasteiger partial charge in [-0.15, -0.1) is 0 Å². The minimum atomic E-state index is -0.638. The molecule has 0 spiro atoms. The molecule has 20 heavy (non-hydrogen) atoms. The van der Waals surface area contributed by atoms with Crippen molar-refractivity contribution in [2.45, 2.75) is 13.8 Å². The lowest BCUT2D eigenvalue weighted by atomic mass is 10.3. The van der Waals surface area contributed by atoms with Gasteiger partial charge in [-0.2, -0.15) is 0 Å². The standard InChI is InChI=1S/C14H16ClNO4/c1-3-19-13(17)9-12(14(18)20-4-2)16-11-7-5-6-10(15)8-11/h5-9,16H,3-4H2,1-2H3/b12-9-. The zero-order valence-corrected chi connectivity index (χ0v) is 12.1. The van der Waals surface area contributed by atoms with E-state index < -0.39 is 11.9 Å². The first-order valence-electron chi connectivity index (χ1n) is 6.15. The minimum absolute atomic E-state index is 0.00688. The van der Waals surface area contributed by atoms with Crippen LogP contribution in [0.1, 0.15) is 13.8 Å². The van der Waals surface area contributed by atoms with E-state index in [9.17, 15) is 9.59 Å². The second kappa shape index (κ2) is 8.22. The smallest absolute Gasteiger partial charge is 0.355 e. The molecule has 5 nitrogen and oxygen atoms in total. The van der Waals surface area contributed by atoms with Gasteiger partial charge in [-0.25, -0.2) is 9.59 Å². The van der Waals surface area contributed by atoms with Crippen molar-refractivity contribution < 1.29 is 19.1 Å². The summed E-state index contributed by atoms with van der Waals surface area (Å²) in [5, 5.41) is 3.30. The predicted molar refractivity (Wildman–Crippen MR) is 76.4 cm³/mol. The van der Waals surface area contributed by atoms with Crippen LogP contribution < -0.4 is 5.32 Å². The maximum absolute atomic E-state index is 11.8. The largest absolute Gasteiger partial charge is 0.463 e. The Bertz CT molecular complexity index is 514. The van der Waals surface area contributed by atoms with Crippen LogP contribution in [0.2, 0.25) is 5.02 Å². The Labute approximate surface area is 122 Å². The van der Waals surface area contributed by atoms with Gasteiger partial charge in [0.2, 0.25) is 0 Å². The summed E-state index contributed by atoms with van der Waals surface area (Å²) in [6.45, 7) is 3.79. The van der Waals surface area contributed by atoms with Gasteiger partial charge in [-0.1, -0.05) is 17.7 Å². The average Bonchev–Trinajstić information content (AvgIpc) is 2.38. The van der Waals surface area contributed by atoms with E-state index >= 15 is 0 Å². The van der Waals surface area contributed by atoms with Crippen LogP contribution in [0, 0.1) is 0 Å². The van der Waals surface area contributed by atoms with Crippen molar-refractivity contribution in [2.24, 2.45) is 0 Å². The first kappa shape index (κ1) is 16.0. The molecule has 0 aliphatic heterocycles. The number of ether oxygens (including phenoxy) is 2. The Morgan fingerprint density at radius 2 is 1.95 bits per heavy atom. The van der Waals surface area contributed by atoms with E-state index in [0.717, 1.165) is 6.08 Å². The topological polar surface area (TPSA) is 64.6 Å². The van der Waals surface area contributed by atoms with Crippen LogP contribution in [0.5, 0.6) is 0 Å². The number of benzene rings is 1. The van der Waals surface area contributed by atoms with Gasteiger partial charge in [-0.05, 0) is 32.0 Å². The molecule has 0 radical (unpaired) electrons. The van der Waals surface area contributed by atoms with Crippen LogP contribution in [0.4, 0.5) is 5.69 Å². The van der Waals surface area contributed by atoms with Crippen molar-refractivity contribution >= 4 is 29.2 Å². The third kappa shape index (κ3) is 5.32. The predicted octanol–water partition coefficient (Wildman–Crippen LogP) is 2.76. The Kier molecular flexibility index (Phi) is 6.59. The summed E-state index contributed by atoms with van der Waals surface area (Å²) < 4.78 is 9.65. The molecule has 0 bridgehead atoms. The molecule has 1 N–H and O–H groups in total. The molecule has 0 amide bonds. The fourth-order valence-electron chi connectivity index (χ4n) is 1.38. The molecule has 1 rings (SSSR count). The summed E-state index contributed by atoms with van der Waals surface area (Å²) in [7, 11) is 0. The molecule has 0 saturated carbocycles. The van der Waals surface area contributed by atoms with Crippen LogP contribution in [0.15, 0.2) is 36.0 Å². The maximum atomic E-state index is 11.8. The van der Waals surface area contributed by atoms with Gasteiger partial charge >= 0.3 is 11.9 Å². The number of rotatable bonds is 6. The van der Waals surface area contributed by atoms with E-state index in [0.29, 0.717) is 10.7 Å². The number of esters is 2. The molecule has 108 valence electrons. The van der Waals surface area contributed by atoms with E-state index in [2.05, 4.69) is 5.32 Å². The van der Waals surface area contributed by atoms with Gasteiger partial charge in [0.05, 0.1) is 19.3 Å². The van der Waals surface area contributed by atoms with Gasteiger partial charge in [-0.3, -0.25) is 0 Å². The average molecular weight is 298 g/mol. The van der Waals surface area contributed by atoms with Crippen molar-refractivity contribution in [1.82, 2.24) is 0 Å². The normalized spacial score (nSPS) is 10.8. The number of carbonyl (C=O) groups is 2. The van der Waals surface area contributed by atoms with E-state index in [1.165, 1.54) is 0 Å². The van der Waals surface area contributed by atoms with Crippen LogP contribution in [-0.2, 0) is 19.1 Å². The number of carbonyl (C=O) groups excluding carboxylic acids is 2. The molecular weight excluding hydrogens is 282 g/mol. The number of nitrogens with one attached hydrogen (secondary N) is 1. The van der Waals surface area contributed by atoms with Crippen LogP contribution >= 0.6 is 11.6 Å². The quantitative estimate of drug-likeness (QED) is 0.646. The molecule has 0 heterocycles. The van der Waals surface area contributed by atoms with Gasteiger partial charge in [0, 0.05) is 10.7 Å². The third-order valence-corrected chi connectivity index (χ3v) is 2.38. The molecule has 1 aromatic rings. The van der Waals surface area contributed by atoms with Crippen molar-refractivity contribution in [2.75, 3.05) is 18.5 Å². The van der Waals surface area contributed by atoms with Crippen molar-refractivity contribution in [3.05, 3.63) is 41.1 Å². The van der Waals surface area contributed by atoms with E-state index in [1.807, 2.05) is 0 Å². The van der Waals surface area contributed by atoms with E-state index in [1.54, 1.807) is 38.1 Å². The van der Waals surface area contributed by atoms with Crippen LogP contribution in [0.25, 0.3) is 0 Å². The van der Waals surface area contributed by atoms with Crippen LogP contribution in [-0.4, -0.2) is 25.2 Å². The Hall–Kier alpha value is -2.01. The zero-order valence-electron chi connectivity index (χ0n) is 11.3. The summed E-state index contributed by atoms with van der Waals surface area (Å²) >= 11 is 5.86. The number of hydrogen-bond acceptors (Lipinski definition) is 5. The molecule has 0 fully saturated rings. The summed E-state index contributed by atoms with van der Waals surface area (Å²) in [5.74, 6) is -1.26.